The normalized spacial score (nSPS) is 17.2. The van der Waals surface area contributed by atoms with Crippen molar-refractivity contribution in [3.63, 3.8) is 0 Å². The van der Waals surface area contributed by atoms with Crippen molar-refractivity contribution in [1.82, 2.24) is 5.27 Å². The van der Waals surface area contributed by atoms with E-state index in [2.05, 4.69) is 31.4 Å². The molecule has 2 heterocycles. The number of methoxy groups -OCH3 is 1. The summed E-state index contributed by atoms with van der Waals surface area (Å²) in [6, 6.07) is 0. The number of nitrogens with zero attached hydrogens (tertiary/aromatic N) is 1. The Kier molecular flexibility index (Phi) is 7.00. The van der Waals surface area contributed by atoms with Crippen LogP contribution in [0.5, 0.6) is 0 Å². The zero-order valence-corrected chi connectivity index (χ0v) is 20.4. The summed E-state index contributed by atoms with van der Waals surface area (Å²) in [5.41, 5.74) is 1.11. The number of aryl methyl sites for hydroxylation is 1. The average Bonchev–Trinajstić information content (AvgIpc) is 3.23. The smallest absolute Gasteiger partial charge is 0.441 e. The van der Waals surface area contributed by atoms with Gasteiger partial charge in [0.1, 0.15) is 5.00 Å². The molecule has 0 bridgehead atoms. The third-order valence-electron chi connectivity index (χ3n) is 5.79. The number of ether oxygens (including phenoxy) is 1. The number of aromatic nitrogens is 2. The number of esters is 1. The summed E-state index contributed by atoms with van der Waals surface area (Å²) in [4.78, 5) is 38.6. The zero-order chi connectivity index (χ0) is 22.9. The summed E-state index contributed by atoms with van der Waals surface area (Å²) in [6.07, 6.45) is 3.18. The highest BCUT2D eigenvalue weighted by molar-refractivity contribution is 8.00. The number of carbonyl (C=O) groups is 2. The van der Waals surface area contributed by atoms with E-state index in [0.29, 0.717) is 27.9 Å². The molecule has 3 rings (SSSR count). The summed E-state index contributed by atoms with van der Waals surface area (Å²) in [6.45, 7) is 8.59. The van der Waals surface area contributed by atoms with Gasteiger partial charge >= 0.3 is 16.6 Å². The number of thiophene rings is 1. The van der Waals surface area contributed by atoms with E-state index < -0.39 is 16.8 Å². The number of anilines is 1. The van der Waals surface area contributed by atoms with Crippen molar-refractivity contribution >= 4 is 40.0 Å². The number of amides is 1. The van der Waals surface area contributed by atoms with Gasteiger partial charge in [-0.3, -0.25) is 9.32 Å². The number of nitrogens with one attached hydrogen (secondary N) is 2. The molecule has 2 unspecified atom stereocenters. The van der Waals surface area contributed by atoms with E-state index >= 15 is 0 Å². The molecular weight excluding hydrogens is 438 g/mol. The minimum Gasteiger partial charge on any atom is -0.465 e. The van der Waals surface area contributed by atoms with E-state index in [1.807, 2.05) is 6.92 Å². The number of hydrogen-bond donors (Lipinski definition) is 2. The Balaban J connectivity index is 1.88. The van der Waals surface area contributed by atoms with Gasteiger partial charge in [0.2, 0.25) is 5.91 Å². The molecular formula is C21H30N3O5S2+. The number of carbonyl (C=O) groups excluding carboxylic acids is 2. The summed E-state index contributed by atoms with van der Waals surface area (Å²) in [7, 11) is 3.00. The molecule has 0 saturated carbocycles. The van der Waals surface area contributed by atoms with Crippen molar-refractivity contribution < 1.29 is 23.5 Å². The van der Waals surface area contributed by atoms with Crippen LogP contribution in [0.15, 0.2) is 14.3 Å². The first kappa shape index (κ1) is 23.6. The van der Waals surface area contributed by atoms with Gasteiger partial charge in [-0.25, -0.2) is 9.59 Å². The van der Waals surface area contributed by atoms with E-state index in [-0.39, 0.29) is 11.3 Å². The van der Waals surface area contributed by atoms with Gasteiger partial charge in [-0.15, -0.1) is 11.3 Å². The fraction of sp³-hybridized carbons (Fsp3) is 0.619. The molecule has 0 aromatic carbocycles. The molecule has 31 heavy (non-hydrogen) atoms. The fourth-order valence-corrected chi connectivity index (χ4v) is 6.09. The average molecular weight is 469 g/mol. The third kappa shape index (κ3) is 4.90. The molecule has 2 atom stereocenters. The van der Waals surface area contributed by atoms with Crippen LogP contribution >= 0.6 is 23.1 Å². The van der Waals surface area contributed by atoms with E-state index in [0.717, 1.165) is 41.5 Å². The molecule has 2 N–H and O–H groups in total. The summed E-state index contributed by atoms with van der Waals surface area (Å²) in [5.74, 6) is -0.177. The molecule has 0 radical (unpaired) electrons. The Labute approximate surface area is 189 Å². The van der Waals surface area contributed by atoms with Crippen LogP contribution < -0.4 is 15.6 Å². The quantitative estimate of drug-likeness (QED) is 0.383. The van der Waals surface area contributed by atoms with Crippen LogP contribution in [0.1, 0.15) is 61.3 Å². The lowest BCUT2D eigenvalue weighted by Gasteiger charge is -2.33. The third-order valence-corrected chi connectivity index (χ3v) is 8.45. The fourth-order valence-electron chi connectivity index (χ4n) is 3.84. The number of thioether (sulfide) groups is 1. The molecule has 2 aromatic rings. The summed E-state index contributed by atoms with van der Waals surface area (Å²) in [5, 5.41) is 5.72. The van der Waals surface area contributed by atoms with Crippen LogP contribution in [0.3, 0.4) is 0 Å². The Morgan fingerprint density at radius 1 is 1.42 bits per heavy atom. The first-order valence-electron chi connectivity index (χ1n) is 10.3. The van der Waals surface area contributed by atoms with E-state index in [4.69, 9.17) is 9.26 Å². The molecule has 0 fully saturated rings. The van der Waals surface area contributed by atoms with Crippen LogP contribution in [0, 0.1) is 11.3 Å². The molecule has 0 aliphatic heterocycles. The van der Waals surface area contributed by atoms with E-state index in [1.165, 1.54) is 23.1 Å². The molecule has 170 valence electrons. The minimum atomic E-state index is -0.520. The highest BCUT2D eigenvalue weighted by Crippen LogP contribution is 2.44. The van der Waals surface area contributed by atoms with Gasteiger partial charge in [-0.05, 0) is 59.6 Å². The maximum Gasteiger partial charge on any atom is 0.441 e. The molecule has 2 aromatic heterocycles. The first-order chi connectivity index (χ1) is 14.6. The number of H-pyrrole nitrogens is 1. The molecule has 0 saturated heterocycles. The summed E-state index contributed by atoms with van der Waals surface area (Å²) < 4.78 is 11.2. The lowest BCUT2D eigenvalue weighted by atomic mass is 9.72. The van der Waals surface area contributed by atoms with E-state index in [9.17, 15) is 14.4 Å². The van der Waals surface area contributed by atoms with Gasteiger partial charge in [0.25, 0.3) is 0 Å². The Bertz CT molecular complexity index is 1030. The van der Waals surface area contributed by atoms with Crippen molar-refractivity contribution in [1.29, 1.82) is 0 Å². The van der Waals surface area contributed by atoms with Crippen LogP contribution in [0.2, 0.25) is 0 Å². The zero-order valence-electron chi connectivity index (χ0n) is 18.8. The van der Waals surface area contributed by atoms with Gasteiger partial charge < -0.3 is 10.1 Å². The largest absolute Gasteiger partial charge is 0.465 e. The molecule has 1 aliphatic rings. The van der Waals surface area contributed by atoms with Crippen LogP contribution in [-0.4, -0.2) is 29.5 Å². The van der Waals surface area contributed by atoms with Crippen LogP contribution in [0.25, 0.3) is 0 Å². The van der Waals surface area contributed by atoms with Crippen molar-refractivity contribution in [3.8, 4) is 0 Å². The van der Waals surface area contributed by atoms with Gasteiger partial charge in [0.15, 0.2) is 7.05 Å². The number of fused-ring (bicyclic) bond motifs is 1. The Morgan fingerprint density at radius 2 is 2.13 bits per heavy atom. The molecule has 10 heteroatoms. The van der Waals surface area contributed by atoms with Gasteiger partial charge in [-0.1, -0.05) is 32.4 Å². The van der Waals surface area contributed by atoms with Crippen molar-refractivity contribution in [2.24, 2.45) is 18.4 Å². The molecule has 1 amide bonds. The highest BCUT2D eigenvalue weighted by Gasteiger charge is 2.35. The summed E-state index contributed by atoms with van der Waals surface area (Å²) >= 11 is 2.60. The standard InChI is InChI=1S/C21H29N3O5S2/c1-7-13(31-18-20(27)29-23-24(18)5)16(25)22-17-15(19(26)28-6)12-9-8-11(21(2,3)4)10-14(12)30-17/h11,13H,7-10H2,1-6H3,(H-,22,23,25,26,27)/p+1. The Morgan fingerprint density at radius 3 is 2.68 bits per heavy atom. The minimum absolute atomic E-state index is 0.174. The molecule has 1 aliphatic carbocycles. The number of aromatic amines is 1. The highest BCUT2D eigenvalue weighted by atomic mass is 32.2. The first-order valence-corrected chi connectivity index (χ1v) is 12.0. The van der Waals surface area contributed by atoms with Crippen molar-refractivity contribution in [2.75, 3.05) is 12.4 Å². The lowest BCUT2D eigenvalue weighted by Crippen LogP contribution is -2.35. The van der Waals surface area contributed by atoms with Gasteiger partial charge in [0, 0.05) is 4.88 Å². The predicted molar refractivity (Wildman–Crippen MR) is 120 cm³/mol. The Hall–Kier alpha value is -2.07. The predicted octanol–water partition coefficient (Wildman–Crippen LogP) is 3.30. The maximum absolute atomic E-state index is 13.1. The number of hydrogen-bond acceptors (Lipinski definition) is 7. The van der Waals surface area contributed by atoms with Crippen molar-refractivity contribution in [3.05, 3.63) is 26.4 Å². The topological polar surface area (TPSA) is 105 Å². The molecule has 0 spiro atoms. The molecule has 8 nitrogen and oxygen atoms in total. The lowest BCUT2D eigenvalue weighted by molar-refractivity contribution is -0.772. The van der Waals surface area contributed by atoms with Gasteiger partial charge in [0.05, 0.1) is 17.9 Å². The van der Waals surface area contributed by atoms with Crippen LogP contribution in [0.4, 0.5) is 5.00 Å². The van der Waals surface area contributed by atoms with Gasteiger partial charge in [-0.2, -0.15) is 0 Å². The second-order valence-corrected chi connectivity index (χ2v) is 11.2. The second kappa shape index (κ2) is 9.20. The van der Waals surface area contributed by atoms with Crippen LogP contribution in [-0.2, 0) is 29.4 Å². The van der Waals surface area contributed by atoms with E-state index in [1.54, 1.807) is 7.05 Å². The van der Waals surface area contributed by atoms with Crippen molar-refractivity contribution in [2.45, 2.75) is 63.7 Å². The second-order valence-electron chi connectivity index (χ2n) is 8.85. The SMILES string of the molecule is CCC(Sc1c(=O)o[nH][n+]1C)C(=O)Nc1sc2c(c1C(=O)OC)CCC(C(C)(C)C)C2. The maximum atomic E-state index is 13.1. The monoisotopic (exact) mass is 468 g/mol. The number of rotatable bonds is 6.